The molecule has 1 aromatic carbocycles. The van der Waals surface area contributed by atoms with Gasteiger partial charge in [-0.05, 0) is 56.2 Å². The van der Waals surface area contributed by atoms with Crippen molar-refractivity contribution < 1.29 is 18.3 Å². The zero-order valence-electron chi connectivity index (χ0n) is 19.7. The minimum Gasteiger partial charge on any atom is -0.394 e. The lowest BCUT2D eigenvalue weighted by Crippen LogP contribution is -2.39. The molecule has 0 radical (unpaired) electrons. The van der Waals surface area contributed by atoms with Crippen LogP contribution in [0.4, 0.5) is 11.6 Å². The van der Waals surface area contributed by atoms with Crippen molar-refractivity contribution in [3.63, 3.8) is 0 Å². The van der Waals surface area contributed by atoms with Gasteiger partial charge in [0.1, 0.15) is 11.6 Å². The summed E-state index contributed by atoms with van der Waals surface area (Å²) in [7, 11) is -2.17. The molecule has 1 fully saturated rings. The minimum atomic E-state index is -3.61. The maximum Gasteiger partial charge on any atom is 0.251 e. The van der Waals surface area contributed by atoms with Gasteiger partial charge in [-0.3, -0.25) is 9.10 Å². The summed E-state index contributed by atoms with van der Waals surface area (Å²) < 4.78 is 26.5. The predicted molar refractivity (Wildman–Crippen MR) is 131 cm³/mol. The number of carbonyl (C=O) groups excluding carboxylic acids is 1. The van der Waals surface area contributed by atoms with E-state index in [0.717, 1.165) is 16.3 Å². The van der Waals surface area contributed by atoms with Crippen LogP contribution in [-0.4, -0.2) is 55.9 Å². The van der Waals surface area contributed by atoms with Gasteiger partial charge < -0.3 is 15.7 Å². The third kappa shape index (κ3) is 6.45. The van der Waals surface area contributed by atoms with Gasteiger partial charge in [-0.15, -0.1) is 0 Å². The van der Waals surface area contributed by atoms with E-state index in [2.05, 4.69) is 22.5 Å². The molecule has 3 rings (SSSR count). The highest BCUT2D eigenvalue weighted by Crippen LogP contribution is 2.37. The van der Waals surface area contributed by atoms with Crippen molar-refractivity contribution in [2.24, 2.45) is 11.8 Å². The summed E-state index contributed by atoms with van der Waals surface area (Å²) in [5, 5.41) is 15.3. The Hall–Kier alpha value is -2.65. The molecular formula is C24H34N4O4S. The molecule has 1 saturated carbocycles. The predicted octanol–water partition coefficient (Wildman–Crippen LogP) is 2.66. The summed E-state index contributed by atoms with van der Waals surface area (Å²) in [6, 6.07) is 12.2. The van der Waals surface area contributed by atoms with Crippen LogP contribution in [0.15, 0.2) is 42.5 Å². The SMILES string of the molecule is CC(C)S(=O)(=O)N(C)c1cc(C(=O)N[C@H](CO)Cc2ccccc2)cc(NC[C@H]2C[C@@H]2C)n1. The van der Waals surface area contributed by atoms with Gasteiger partial charge in [-0.2, -0.15) is 0 Å². The Morgan fingerprint density at radius 3 is 2.48 bits per heavy atom. The van der Waals surface area contributed by atoms with Crippen LogP contribution >= 0.6 is 0 Å². The highest BCUT2D eigenvalue weighted by molar-refractivity contribution is 7.93. The smallest absolute Gasteiger partial charge is 0.251 e. The molecule has 9 heteroatoms. The largest absolute Gasteiger partial charge is 0.394 e. The molecule has 1 aromatic heterocycles. The summed E-state index contributed by atoms with van der Waals surface area (Å²) in [5.74, 6) is 1.43. The molecule has 2 aromatic rings. The van der Waals surface area contributed by atoms with Crippen LogP contribution in [0.25, 0.3) is 0 Å². The van der Waals surface area contributed by atoms with E-state index in [1.54, 1.807) is 19.9 Å². The number of aliphatic hydroxyl groups is 1. The summed E-state index contributed by atoms with van der Waals surface area (Å²) in [6.07, 6.45) is 1.62. The summed E-state index contributed by atoms with van der Waals surface area (Å²) in [6.45, 7) is 5.88. The molecule has 1 aliphatic rings. The minimum absolute atomic E-state index is 0.173. The Bertz CT molecular complexity index is 1060. The molecule has 8 nitrogen and oxygen atoms in total. The monoisotopic (exact) mass is 474 g/mol. The Morgan fingerprint density at radius 2 is 1.91 bits per heavy atom. The van der Waals surface area contributed by atoms with Crippen LogP contribution in [0, 0.1) is 11.8 Å². The zero-order chi connectivity index (χ0) is 24.2. The zero-order valence-corrected chi connectivity index (χ0v) is 20.5. The first-order valence-corrected chi connectivity index (χ1v) is 12.8. The van der Waals surface area contributed by atoms with E-state index in [1.807, 2.05) is 30.3 Å². The number of hydrogen-bond donors (Lipinski definition) is 3. The van der Waals surface area contributed by atoms with Gasteiger partial charge in [-0.25, -0.2) is 13.4 Å². The lowest BCUT2D eigenvalue weighted by molar-refractivity contribution is 0.0916. The van der Waals surface area contributed by atoms with Gasteiger partial charge in [0.2, 0.25) is 10.0 Å². The maximum atomic E-state index is 13.1. The van der Waals surface area contributed by atoms with Crippen LogP contribution in [0.5, 0.6) is 0 Å². The Morgan fingerprint density at radius 1 is 1.24 bits per heavy atom. The quantitative estimate of drug-likeness (QED) is 0.462. The number of anilines is 2. The molecule has 1 aliphatic carbocycles. The molecule has 33 heavy (non-hydrogen) atoms. The van der Waals surface area contributed by atoms with Crippen molar-refractivity contribution in [3.05, 3.63) is 53.6 Å². The highest BCUT2D eigenvalue weighted by atomic mass is 32.2. The lowest BCUT2D eigenvalue weighted by Gasteiger charge is -2.23. The van der Waals surface area contributed by atoms with E-state index >= 15 is 0 Å². The first-order chi connectivity index (χ1) is 15.6. The van der Waals surface area contributed by atoms with E-state index in [0.29, 0.717) is 30.6 Å². The van der Waals surface area contributed by atoms with Crippen LogP contribution in [-0.2, 0) is 16.4 Å². The van der Waals surface area contributed by atoms with Crippen molar-refractivity contribution in [2.75, 3.05) is 29.8 Å². The molecule has 0 aliphatic heterocycles. The summed E-state index contributed by atoms with van der Waals surface area (Å²) in [4.78, 5) is 17.5. The average Bonchev–Trinajstić information content (AvgIpc) is 3.51. The highest BCUT2D eigenvalue weighted by Gasteiger charge is 2.32. The van der Waals surface area contributed by atoms with Crippen LogP contribution in [0.3, 0.4) is 0 Å². The van der Waals surface area contributed by atoms with Crippen molar-refractivity contribution in [1.29, 1.82) is 0 Å². The molecule has 0 unspecified atom stereocenters. The second-order valence-corrected chi connectivity index (χ2v) is 11.6. The van der Waals surface area contributed by atoms with Crippen molar-refractivity contribution in [3.8, 4) is 0 Å². The fourth-order valence-electron chi connectivity index (χ4n) is 3.59. The van der Waals surface area contributed by atoms with E-state index in [1.165, 1.54) is 13.1 Å². The normalized spacial score (nSPS) is 18.6. The van der Waals surface area contributed by atoms with Gasteiger partial charge in [0.05, 0.1) is 17.9 Å². The number of nitrogens with one attached hydrogen (secondary N) is 2. The van der Waals surface area contributed by atoms with E-state index in [4.69, 9.17) is 0 Å². The Balaban J connectivity index is 1.84. The van der Waals surface area contributed by atoms with Crippen molar-refractivity contribution in [1.82, 2.24) is 10.3 Å². The van der Waals surface area contributed by atoms with Gasteiger partial charge in [-0.1, -0.05) is 37.3 Å². The molecule has 180 valence electrons. The molecule has 0 bridgehead atoms. The topological polar surface area (TPSA) is 112 Å². The van der Waals surface area contributed by atoms with Gasteiger partial charge >= 0.3 is 0 Å². The standard InChI is InChI=1S/C24H34N4O4S/c1-16(2)33(31,32)28(4)23-13-19(12-22(27-23)25-14-20-10-17(20)3)24(30)26-21(15-29)11-18-8-6-5-7-9-18/h5-9,12-13,16-17,20-21,29H,10-11,14-15H2,1-4H3,(H,25,27)(H,26,30)/t17-,20+,21-/m0/s1. The van der Waals surface area contributed by atoms with Gasteiger partial charge in [0, 0.05) is 19.2 Å². The summed E-state index contributed by atoms with van der Waals surface area (Å²) >= 11 is 0. The lowest BCUT2D eigenvalue weighted by atomic mass is 10.1. The fraction of sp³-hybridized carbons (Fsp3) is 0.500. The van der Waals surface area contributed by atoms with E-state index in [9.17, 15) is 18.3 Å². The second kappa shape index (κ2) is 10.5. The molecule has 3 N–H and O–H groups in total. The number of hydrogen-bond acceptors (Lipinski definition) is 6. The van der Waals surface area contributed by atoms with Crippen LogP contribution in [0.1, 0.15) is 43.1 Å². The third-order valence-corrected chi connectivity index (χ3v) is 8.22. The number of aliphatic hydroxyl groups excluding tert-OH is 1. The number of nitrogens with zero attached hydrogens (tertiary/aromatic N) is 2. The number of aromatic nitrogens is 1. The molecular weight excluding hydrogens is 440 g/mol. The van der Waals surface area contributed by atoms with E-state index in [-0.39, 0.29) is 18.0 Å². The van der Waals surface area contributed by atoms with Crippen molar-refractivity contribution in [2.45, 2.75) is 44.9 Å². The van der Waals surface area contributed by atoms with Gasteiger partial charge in [0.25, 0.3) is 5.91 Å². The molecule has 1 heterocycles. The van der Waals surface area contributed by atoms with Crippen LogP contribution < -0.4 is 14.9 Å². The molecule has 0 spiro atoms. The Kier molecular flexibility index (Phi) is 7.97. The first-order valence-electron chi connectivity index (χ1n) is 11.3. The van der Waals surface area contributed by atoms with Crippen LogP contribution in [0.2, 0.25) is 0 Å². The molecule has 0 saturated heterocycles. The molecule has 3 atom stereocenters. The Labute approximate surface area is 196 Å². The van der Waals surface area contributed by atoms with E-state index < -0.39 is 27.2 Å². The average molecular weight is 475 g/mol. The maximum absolute atomic E-state index is 13.1. The number of rotatable bonds is 11. The number of carbonyl (C=O) groups is 1. The first kappa shape index (κ1) is 25.0. The molecule has 1 amide bonds. The van der Waals surface area contributed by atoms with Crippen molar-refractivity contribution >= 4 is 27.6 Å². The number of amides is 1. The van der Waals surface area contributed by atoms with Gasteiger partial charge in [0.15, 0.2) is 0 Å². The third-order valence-electron chi connectivity index (χ3n) is 6.08. The fourth-order valence-corrected chi connectivity index (χ4v) is 4.58. The number of sulfonamides is 1. The second-order valence-electron chi connectivity index (χ2n) is 9.06. The number of benzene rings is 1. The summed E-state index contributed by atoms with van der Waals surface area (Å²) in [5.41, 5.74) is 1.28. The number of pyridine rings is 1.